The van der Waals surface area contributed by atoms with Gasteiger partial charge in [0.2, 0.25) is 5.91 Å². The van der Waals surface area contributed by atoms with Gasteiger partial charge in [0.15, 0.2) is 0 Å². The lowest BCUT2D eigenvalue weighted by Gasteiger charge is -2.08. The number of unbranched alkanes of at least 4 members (excludes halogenated alkanes) is 1. The SMILES string of the molecule is COC(=O)CCCCC(=O)Nc1cc(CO)nc(CO)c1. The minimum Gasteiger partial charge on any atom is -0.469 e. The minimum atomic E-state index is -0.287. The summed E-state index contributed by atoms with van der Waals surface area (Å²) in [4.78, 5) is 26.6. The standard InChI is InChI=1S/C14H20N2O5/c1-21-14(20)5-3-2-4-13(19)16-10-6-11(8-17)15-12(7-10)9-18/h6-7,17-18H,2-5,8-9H2,1H3,(H,15,16,19). The van der Waals surface area contributed by atoms with Crippen LogP contribution in [0.3, 0.4) is 0 Å². The molecule has 3 N–H and O–H groups in total. The number of rotatable bonds is 8. The molecule has 0 aliphatic carbocycles. The van der Waals surface area contributed by atoms with Crippen LogP contribution in [-0.2, 0) is 27.5 Å². The molecule has 1 heterocycles. The maximum atomic E-state index is 11.8. The summed E-state index contributed by atoms with van der Waals surface area (Å²) in [7, 11) is 1.33. The van der Waals surface area contributed by atoms with Crippen LogP contribution in [0.4, 0.5) is 5.69 Å². The number of aliphatic hydroxyl groups excluding tert-OH is 2. The van der Waals surface area contributed by atoms with Gasteiger partial charge in [0.25, 0.3) is 0 Å². The van der Waals surface area contributed by atoms with Gasteiger partial charge in [-0.15, -0.1) is 0 Å². The van der Waals surface area contributed by atoms with E-state index in [1.165, 1.54) is 7.11 Å². The smallest absolute Gasteiger partial charge is 0.305 e. The van der Waals surface area contributed by atoms with Crippen molar-refractivity contribution in [3.63, 3.8) is 0 Å². The van der Waals surface area contributed by atoms with E-state index < -0.39 is 0 Å². The molecule has 1 amide bonds. The number of carbonyl (C=O) groups excluding carboxylic acids is 2. The monoisotopic (exact) mass is 296 g/mol. The van der Waals surface area contributed by atoms with Crippen molar-refractivity contribution in [2.75, 3.05) is 12.4 Å². The summed E-state index contributed by atoms with van der Waals surface area (Å²) in [5, 5.41) is 20.8. The molecule has 7 heteroatoms. The van der Waals surface area contributed by atoms with E-state index in [0.29, 0.717) is 36.3 Å². The molecule has 116 valence electrons. The molecule has 1 rings (SSSR count). The van der Waals surface area contributed by atoms with Gasteiger partial charge in [0.05, 0.1) is 31.7 Å². The van der Waals surface area contributed by atoms with Crippen molar-refractivity contribution < 1.29 is 24.5 Å². The largest absolute Gasteiger partial charge is 0.469 e. The molecular formula is C14H20N2O5. The molecule has 7 nitrogen and oxygen atoms in total. The van der Waals surface area contributed by atoms with Gasteiger partial charge in [-0.1, -0.05) is 0 Å². The van der Waals surface area contributed by atoms with Gasteiger partial charge in [-0.2, -0.15) is 0 Å². The van der Waals surface area contributed by atoms with Crippen molar-refractivity contribution in [2.45, 2.75) is 38.9 Å². The lowest BCUT2D eigenvalue weighted by atomic mass is 10.2. The zero-order valence-electron chi connectivity index (χ0n) is 12.0. The summed E-state index contributed by atoms with van der Waals surface area (Å²) in [5.41, 5.74) is 1.24. The van der Waals surface area contributed by atoms with Crippen LogP contribution >= 0.6 is 0 Å². The molecule has 0 fully saturated rings. The summed E-state index contributed by atoms with van der Waals surface area (Å²) < 4.78 is 4.51. The van der Waals surface area contributed by atoms with E-state index in [-0.39, 0.29) is 31.5 Å². The first-order valence-electron chi connectivity index (χ1n) is 6.67. The zero-order valence-corrected chi connectivity index (χ0v) is 12.0. The zero-order chi connectivity index (χ0) is 15.7. The van der Waals surface area contributed by atoms with Gasteiger partial charge in [0, 0.05) is 18.5 Å². The number of aromatic nitrogens is 1. The van der Waals surface area contributed by atoms with E-state index in [9.17, 15) is 9.59 Å². The summed E-state index contributed by atoms with van der Waals surface area (Å²) >= 11 is 0. The highest BCUT2D eigenvalue weighted by molar-refractivity contribution is 5.90. The second kappa shape index (κ2) is 9.04. The number of nitrogens with one attached hydrogen (secondary N) is 1. The normalized spacial score (nSPS) is 10.2. The van der Waals surface area contributed by atoms with Crippen molar-refractivity contribution in [2.24, 2.45) is 0 Å². The summed E-state index contributed by atoms with van der Waals surface area (Å²) in [6.45, 7) is -0.536. The van der Waals surface area contributed by atoms with Gasteiger partial charge in [-0.05, 0) is 25.0 Å². The molecule has 0 spiro atoms. The molecule has 0 radical (unpaired) electrons. The van der Waals surface area contributed by atoms with E-state index in [0.717, 1.165) is 0 Å². The fourth-order valence-corrected chi connectivity index (χ4v) is 1.76. The molecule has 21 heavy (non-hydrogen) atoms. The van der Waals surface area contributed by atoms with Crippen LogP contribution in [0, 0.1) is 0 Å². The second-order valence-electron chi connectivity index (χ2n) is 4.49. The van der Waals surface area contributed by atoms with Gasteiger partial charge < -0.3 is 20.3 Å². The molecular weight excluding hydrogens is 276 g/mol. The van der Waals surface area contributed by atoms with E-state index in [1.54, 1.807) is 12.1 Å². The Morgan fingerprint density at radius 1 is 1.14 bits per heavy atom. The van der Waals surface area contributed by atoms with Gasteiger partial charge >= 0.3 is 5.97 Å². The number of amides is 1. The van der Waals surface area contributed by atoms with Crippen LogP contribution in [0.15, 0.2) is 12.1 Å². The number of anilines is 1. The Balaban J connectivity index is 2.45. The number of hydrogen-bond acceptors (Lipinski definition) is 6. The van der Waals surface area contributed by atoms with Crippen LogP contribution < -0.4 is 5.32 Å². The Morgan fingerprint density at radius 2 is 1.71 bits per heavy atom. The van der Waals surface area contributed by atoms with E-state index >= 15 is 0 Å². The van der Waals surface area contributed by atoms with Crippen LogP contribution in [0.5, 0.6) is 0 Å². The van der Waals surface area contributed by atoms with Gasteiger partial charge in [-0.3, -0.25) is 14.6 Å². The Hall–Kier alpha value is -1.99. The third-order valence-electron chi connectivity index (χ3n) is 2.80. The minimum absolute atomic E-state index is 0.196. The number of nitrogens with zero attached hydrogens (tertiary/aromatic N) is 1. The highest BCUT2D eigenvalue weighted by Crippen LogP contribution is 2.13. The molecule has 0 saturated carbocycles. The van der Waals surface area contributed by atoms with Crippen molar-refractivity contribution in [1.29, 1.82) is 0 Å². The Bertz CT molecular complexity index is 468. The van der Waals surface area contributed by atoms with E-state index in [4.69, 9.17) is 10.2 Å². The molecule has 0 atom stereocenters. The lowest BCUT2D eigenvalue weighted by Crippen LogP contribution is -2.12. The van der Waals surface area contributed by atoms with E-state index in [1.807, 2.05) is 0 Å². The predicted octanol–water partition coefficient (Wildman–Crippen LogP) is 0.738. The molecule has 0 aliphatic heterocycles. The molecule has 0 bridgehead atoms. The van der Waals surface area contributed by atoms with Crippen LogP contribution in [0.25, 0.3) is 0 Å². The summed E-state index contributed by atoms with van der Waals surface area (Å²) in [6.07, 6.45) is 1.73. The second-order valence-corrected chi connectivity index (χ2v) is 4.49. The molecule has 0 aliphatic rings. The molecule has 1 aromatic rings. The van der Waals surface area contributed by atoms with Crippen molar-refractivity contribution in [3.05, 3.63) is 23.5 Å². The first kappa shape index (κ1) is 17.1. The fourth-order valence-electron chi connectivity index (χ4n) is 1.76. The number of ether oxygens (including phenoxy) is 1. The fraction of sp³-hybridized carbons (Fsp3) is 0.500. The van der Waals surface area contributed by atoms with E-state index in [2.05, 4.69) is 15.0 Å². The third-order valence-corrected chi connectivity index (χ3v) is 2.80. The third kappa shape index (κ3) is 6.33. The number of hydrogen-bond donors (Lipinski definition) is 3. The Morgan fingerprint density at radius 3 is 2.24 bits per heavy atom. The average Bonchev–Trinajstić information content (AvgIpc) is 2.50. The highest BCUT2D eigenvalue weighted by atomic mass is 16.5. The quantitative estimate of drug-likeness (QED) is 0.482. The summed E-state index contributed by atoms with van der Waals surface area (Å²) in [6, 6.07) is 3.09. The maximum absolute atomic E-state index is 11.8. The number of esters is 1. The van der Waals surface area contributed by atoms with Crippen LogP contribution in [0.2, 0.25) is 0 Å². The van der Waals surface area contributed by atoms with Crippen molar-refractivity contribution in [1.82, 2.24) is 4.98 Å². The number of pyridine rings is 1. The number of carbonyl (C=O) groups is 2. The van der Waals surface area contributed by atoms with Gasteiger partial charge in [0.1, 0.15) is 0 Å². The first-order valence-corrected chi connectivity index (χ1v) is 6.67. The first-order chi connectivity index (χ1) is 10.1. The number of aliphatic hydroxyl groups is 2. The summed E-state index contributed by atoms with van der Waals surface area (Å²) in [5.74, 6) is -0.483. The van der Waals surface area contributed by atoms with Gasteiger partial charge in [-0.25, -0.2) is 0 Å². The van der Waals surface area contributed by atoms with Crippen molar-refractivity contribution in [3.8, 4) is 0 Å². The highest BCUT2D eigenvalue weighted by Gasteiger charge is 2.07. The molecule has 0 aromatic carbocycles. The Kier molecular flexibility index (Phi) is 7.34. The Labute approximate surface area is 123 Å². The molecule has 0 saturated heterocycles. The number of methoxy groups -OCH3 is 1. The van der Waals surface area contributed by atoms with Crippen LogP contribution in [0.1, 0.15) is 37.1 Å². The molecule has 0 unspecified atom stereocenters. The van der Waals surface area contributed by atoms with Crippen molar-refractivity contribution >= 4 is 17.6 Å². The predicted molar refractivity (Wildman–Crippen MR) is 75.2 cm³/mol. The van der Waals surface area contributed by atoms with Crippen LogP contribution in [-0.4, -0.2) is 34.2 Å². The molecule has 1 aromatic heterocycles. The topological polar surface area (TPSA) is 109 Å². The average molecular weight is 296 g/mol. The lowest BCUT2D eigenvalue weighted by molar-refractivity contribution is -0.140. The maximum Gasteiger partial charge on any atom is 0.305 e.